The van der Waals surface area contributed by atoms with E-state index in [9.17, 15) is 22.8 Å². The summed E-state index contributed by atoms with van der Waals surface area (Å²) < 4.78 is 45.4. The van der Waals surface area contributed by atoms with Gasteiger partial charge in [-0.1, -0.05) is 12.1 Å². The molecule has 0 N–H and O–H groups in total. The van der Waals surface area contributed by atoms with Gasteiger partial charge in [-0.2, -0.15) is 18.3 Å². The molecule has 1 aromatic heterocycles. The molecule has 148 valence electrons. The maximum atomic E-state index is 13.1. The number of alkyl halides is 4. The van der Waals surface area contributed by atoms with Crippen molar-refractivity contribution in [2.24, 2.45) is 0 Å². The fourth-order valence-electron chi connectivity index (χ4n) is 2.87. The third-order valence-electron chi connectivity index (χ3n) is 4.09. The van der Waals surface area contributed by atoms with Gasteiger partial charge in [0.05, 0.1) is 24.1 Å². The van der Waals surface area contributed by atoms with Gasteiger partial charge in [-0.15, -0.1) is 11.6 Å². The lowest BCUT2D eigenvalue weighted by Crippen LogP contribution is -2.37. The Labute approximate surface area is 163 Å². The van der Waals surface area contributed by atoms with Crippen LogP contribution in [-0.2, 0) is 15.7 Å². The van der Waals surface area contributed by atoms with E-state index in [1.54, 1.807) is 13.0 Å². The Kier molecular flexibility index (Phi) is 5.46. The fourth-order valence-corrected chi connectivity index (χ4v) is 3.01. The number of hydrogen-bond acceptors (Lipinski definition) is 4. The number of hydrogen-bond donors (Lipinski definition) is 0. The van der Waals surface area contributed by atoms with Crippen LogP contribution in [0.4, 0.5) is 19.0 Å². The third kappa shape index (κ3) is 3.62. The zero-order chi connectivity index (χ0) is 20.5. The highest BCUT2D eigenvalue weighted by atomic mass is 35.5. The van der Waals surface area contributed by atoms with E-state index in [1.165, 1.54) is 27.9 Å². The first-order valence-electron chi connectivity index (χ1n) is 8.27. The third-order valence-corrected chi connectivity index (χ3v) is 4.32. The number of halogens is 4. The SMILES string of the molecule is CCOC(=O)c1cnn2c1N(C(=O)CCl)CC=C2c1cccc(C(F)(F)F)c1. The maximum absolute atomic E-state index is 13.1. The van der Waals surface area contributed by atoms with Crippen molar-refractivity contribution < 1.29 is 27.5 Å². The molecular weight excluding hydrogens is 399 g/mol. The molecule has 28 heavy (non-hydrogen) atoms. The fraction of sp³-hybridized carbons (Fsp3) is 0.278. The zero-order valence-electron chi connectivity index (χ0n) is 14.7. The van der Waals surface area contributed by atoms with Crippen LogP contribution in [0.25, 0.3) is 5.70 Å². The van der Waals surface area contributed by atoms with E-state index >= 15 is 0 Å². The average Bonchev–Trinajstić information content (AvgIpc) is 3.11. The van der Waals surface area contributed by atoms with Crippen LogP contribution in [0, 0.1) is 0 Å². The number of anilines is 1. The van der Waals surface area contributed by atoms with E-state index in [1.807, 2.05) is 0 Å². The number of amides is 1. The van der Waals surface area contributed by atoms with Gasteiger partial charge in [-0.05, 0) is 25.1 Å². The maximum Gasteiger partial charge on any atom is 0.416 e. The monoisotopic (exact) mass is 413 g/mol. The second-order valence-corrected chi connectivity index (χ2v) is 6.09. The number of nitrogens with zero attached hydrogens (tertiary/aromatic N) is 3. The predicted octanol–water partition coefficient (Wildman–Crippen LogP) is 3.55. The largest absolute Gasteiger partial charge is 0.462 e. The lowest BCUT2D eigenvalue weighted by atomic mass is 10.1. The number of esters is 1. The zero-order valence-corrected chi connectivity index (χ0v) is 15.4. The van der Waals surface area contributed by atoms with Gasteiger partial charge in [0.2, 0.25) is 5.91 Å². The molecule has 6 nitrogen and oxygen atoms in total. The van der Waals surface area contributed by atoms with Gasteiger partial charge < -0.3 is 4.74 Å². The number of fused-ring (bicyclic) bond motifs is 1. The molecule has 0 aliphatic carbocycles. The summed E-state index contributed by atoms with van der Waals surface area (Å²) in [6, 6.07) is 4.73. The van der Waals surface area contributed by atoms with Gasteiger partial charge in [0.25, 0.3) is 0 Å². The molecule has 3 rings (SSSR count). The molecule has 1 aromatic carbocycles. The van der Waals surface area contributed by atoms with Crippen molar-refractivity contribution >= 4 is 35.0 Å². The molecule has 2 heterocycles. The summed E-state index contributed by atoms with van der Waals surface area (Å²) in [4.78, 5) is 25.7. The molecule has 0 spiro atoms. The molecule has 1 aliphatic heterocycles. The van der Waals surface area contributed by atoms with E-state index in [-0.39, 0.29) is 36.0 Å². The smallest absolute Gasteiger partial charge is 0.416 e. The molecule has 0 unspecified atom stereocenters. The van der Waals surface area contributed by atoms with E-state index in [0.29, 0.717) is 5.70 Å². The number of rotatable bonds is 4. The first-order valence-corrected chi connectivity index (χ1v) is 8.81. The van der Waals surface area contributed by atoms with Crippen molar-refractivity contribution in [2.45, 2.75) is 13.1 Å². The second kappa shape index (κ2) is 7.67. The molecule has 0 radical (unpaired) electrons. The highest BCUT2D eigenvalue weighted by molar-refractivity contribution is 6.29. The highest BCUT2D eigenvalue weighted by Crippen LogP contribution is 2.35. The summed E-state index contributed by atoms with van der Waals surface area (Å²) >= 11 is 5.65. The number of carbonyl (C=O) groups excluding carboxylic acids is 2. The Bertz CT molecular complexity index is 953. The standard InChI is InChI=1S/C18H15ClF3N3O3/c1-2-28-17(27)13-10-23-25-14(6-7-24(16(13)25)15(26)9-19)11-4-3-5-12(8-11)18(20,21)22/h3-6,8,10H,2,7,9H2,1H3. The average molecular weight is 414 g/mol. The van der Waals surface area contributed by atoms with Crippen molar-refractivity contribution in [3.8, 4) is 0 Å². The van der Waals surface area contributed by atoms with Crippen molar-refractivity contribution in [1.29, 1.82) is 0 Å². The quantitative estimate of drug-likeness (QED) is 0.568. The molecule has 0 saturated heterocycles. The van der Waals surface area contributed by atoms with Crippen molar-refractivity contribution in [2.75, 3.05) is 23.9 Å². The van der Waals surface area contributed by atoms with Crippen LogP contribution in [0.5, 0.6) is 0 Å². The normalized spacial score (nSPS) is 13.8. The van der Waals surface area contributed by atoms with E-state index < -0.39 is 23.6 Å². The van der Waals surface area contributed by atoms with E-state index in [4.69, 9.17) is 16.3 Å². The Morgan fingerprint density at radius 1 is 1.32 bits per heavy atom. The van der Waals surface area contributed by atoms with E-state index in [0.717, 1.165) is 12.1 Å². The van der Waals surface area contributed by atoms with Crippen LogP contribution in [0.3, 0.4) is 0 Å². The summed E-state index contributed by atoms with van der Waals surface area (Å²) in [5.74, 6) is -1.39. The van der Waals surface area contributed by atoms with Crippen LogP contribution in [-0.4, -0.2) is 40.7 Å². The summed E-state index contributed by atoms with van der Waals surface area (Å²) in [5.41, 5.74) is -0.231. The first kappa shape index (κ1) is 19.9. The van der Waals surface area contributed by atoms with Crippen LogP contribution in [0.15, 0.2) is 36.5 Å². The minimum absolute atomic E-state index is 0.0230. The summed E-state index contributed by atoms with van der Waals surface area (Å²) in [6.45, 7) is 1.77. The van der Waals surface area contributed by atoms with Crippen LogP contribution < -0.4 is 4.90 Å². The van der Waals surface area contributed by atoms with Gasteiger partial charge in [0.15, 0.2) is 5.82 Å². The molecule has 0 fully saturated rings. The number of carbonyl (C=O) groups is 2. The van der Waals surface area contributed by atoms with Crippen molar-refractivity contribution in [3.05, 3.63) is 53.2 Å². The number of ether oxygens (including phenoxy) is 1. The molecule has 0 saturated carbocycles. The van der Waals surface area contributed by atoms with Crippen LogP contribution in [0.1, 0.15) is 28.4 Å². The molecule has 0 bridgehead atoms. The predicted molar refractivity (Wildman–Crippen MR) is 96.1 cm³/mol. The number of benzene rings is 1. The summed E-state index contributed by atoms with van der Waals surface area (Å²) in [5, 5.41) is 4.11. The van der Waals surface area contributed by atoms with Crippen molar-refractivity contribution in [3.63, 3.8) is 0 Å². The highest BCUT2D eigenvalue weighted by Gasteiger charge is 2.33. The van der Waals surface area contributed by atoms with Gasteiger partial charge in [0.1, 0.15) is 11.4 Å². The van der Waals surface area contributed by atoms with E-state index in [2.05, 4.69) is 5.10 Å². The Hall–Kier alpha value is -2.81. The Morgan fingerprint density at radius 3 is 2.71 bits per heavy atom. The molecular formula is C18H15ClF3N3O3. The molecule has 10 heteroatoms. The van der Waals surface area contributed by atoms with Crippen molar-refractivity contribution in [1.82, 2.24) is 9.78 Å². The van der Waals surface area contributed by atoms with Gasteiger partial charge in [-0.25, -0.2) is 9.48 Å². The lowest BCUT2D eigenvalue weighted by molar-refractivity contribution is -0.137. The Morgan fingerprint density at radius 2 is 2.07 bits per heavy atom. The van der Waals surface area contributed by atoms with Crippen LogP contribution in [0.2, 0.25) is 0 Å². The minimum atomic E-state index is -4.51. The molecule has 0 atom stereocenters. The van der Waals surface area contributed by atoms with Gasteiger partial charge in [-0.3, -0.25) is 9.69 Å². The summed E-state index contributed by atoms with van der Waals surface area (Å²) in [7, 11) is 0. The van der Waals surface area contributed by atoms with Gasteiger partial charge >= 0.3 is 12.1 Å². The molecule has 2 aromatic rings. The summed E-state index contributed by atoms with van der Waals surface area (Å²) in [6.07, 6.45) is -1.74. The van der Waals surface area contributed by atoms with Gasteiger partial charge in [0, 0.05) is 12.1 Å². The first-order chi connectivity index (χ1) is 13.3. The molecule has 1 amide bonds. The molecule has 1 aliphatic rings. The topological polar surface area (TPSA) is 64.4 Å². The lowest BCUT2D eigenvalue weighted by Gasteiger charge is -2.28. The number of aromatic nitrogens is 2. The Balaban J connectivity index is 2.12. The second-order valence-electron chi connectivity index (χ2n) is 5.82. The minimum Gasteiger partial charge on any atom is -0.462 e. The van der Waals surface area contributed by atoms with Crippen LogP contribution >= 0.6 is 11.6 Å².